The molecule has 2 rings (SSSR count). The van der Waals surface area contributed by atoms with E-state index in [-0.39, 0.29) is 28.3 Å². The van der Waals surface area contributed by atoms with Crippen molar-refractivity contribution in [3.63, 3.8) is 0 Å². The molecular formula is C14H8N2O5. The molecule has 7 nitrogen and oxygen atoms in total. The van der Waals surface area contributed by atoms with Crippen LogP contribution in [-0.2, 0) is 0 Å². The molecule has 21 heavy (non-hydrogen) atoms. The maximum atomic E-state index is 11.1. The number of carboxylic acids is 1. The van der Waals surface area contributed by atoms with Gasteiger partial charge in [-0.25, -0.2) is 4.79 Å². The molecule has 0 aliphatic heterocycles. The number of carbonyl (C=O) groups is 1. The molecule has 0 fully saturated rings. The summed E-state index contributed by atoms with van der Waals surface area (Å²) in [5.41, 5.74) is -0.313. The Labute approximate surface area is 118 Å². The predicted molar refractivity (Wildman–Crippen MR) is 71.3 cm³/mol. The third-order valence-corrected chi connectivity index (χ3v) is 2.62. The molecule has 0 amide bonds. The van der Waals surface area contributed by atoms with Crippen LogP contribution in [-0.4, -0.2) is 16.0 Å². The third kappa shape index (κ3) is 2.96. The molecule has 2 aromatic carbocycles. The van der Waals surface area contributed by atoms with Gasteiger partial charge in [-0.2, -0.15) is 5.26 Å². The number of hydrogen-bond donors (Lipinski definition) is 1. The normalized spacial score (nSPS) is 9.67. The topological polar surface area (TPSA) is 113 Å². The van der Waals surface area contributed by atoms with Gasteiger partial charge < -0.3 is 9.84 Å². The molecule has 0 radical (unpaired) electrons. The largest absolute Gasteiger partial charge is 0.478 e. The van der Waals surface area contributed by atoms with Crippen LogP contribution in [0.25, 0.3) is 0 Å². The number of carboxylic acid groups (broad SMARTS) is 1. The molecule has 0 saturated carbocycles. The summed E-state index contributed by atoms with van der Waals surface area (Å²) in [6.07, 6.45) is 0. The molecule has 0 aromatic heterocycles. The second kappa shape index (κ2) is 5.71. The van der Waals surface area contributed by atoms with Crippen molar-refractivity contribution in [2.24, 2.45) is 0 Å². The second-order valence-corrected chi connectivity index (χ2v) is 3.95. The summed E-state index contributed by atoms with van der Waals surface area (Å²) in [7, 11) is 0. The molecule has 0 bridgehead atoms. The average Bonchev–Trinajstić information content (AvgIpc) is 2.47. The summed E-state index contributed by atoms with van der Waals surface area (Å²) in [4.78, 5) is 21.4. The Kier molecular flexibility index (Phi) is 3.81. The minimum Gasteiger partial charge on any atom is -0.478 e. The van der Waals surface area contributed by atoms with E-state index in [4.69, 9.17) is 15.1 Å². The molecule has 1 N–H and O–H groups in total. The Hall–Kier alpha value is -3.40. The van der Waals surface area contributed by atoms with Gasteiger partial charge in [0.05, 0.1) is 16.6 Å². The van der Waals surface area contributed by atoms with Crippen molar-refractivity contribution in [1.82, 2.24) is 0 Å². The fourth-order valence-corrected chi connectivity index (χ4v) is 1.67. The van der Waals surface area contributed by atoms with Crippen LogP contribution < -0.4 is 4.74 Å². The molecular weight excluding hydrogens is 276 g/mol. The Morgan fingerprint density at radius 1 is 1.24 bits per heavy atom. The van der Waals surface area contributed by atoms with E-state index >= 15 is 0 Å². The van der Waals surface area contributed by atoms with Gasteiger partial charge in [0, 0.05) is 12.1 Å². The van der Waals surface area contributed by atoms with Gasteiger partial charge in [-0.05, 0) is 18.2 Å². The quantitative estimate of drug-likeness (QED) is 0.682. The van der Waals surface area contributed by atoms with Gasteiger partial charge in [0.15, 0.2) is 0 Å². The van der Waals surface area contributed by atoms with Crippen molar-refractivity contribution in [3.05, 3.63) is 63.7 Å². The van der Waals surface area contributed by atoms with E-state index in [0.29, 0.717) is 0 Å². The SMILES string of the molecule is N#Cc1ccc([N+](=O)[O-])c(Oc2ccccc2C(=O)O)c1. The van der Waals surface area contributed by atoms with E-state index < -0.39 is 10.9 Å². The van der Waals surface area contributed by atoms with E-state index in [9.17, 15) is 14.9 Å². The van der Waals surface area contributed by atoms with E-state index in [2.05, 4.69) is 0 Å². The molecule has 0 aliphatic rings. The molecule has 0 atom stereocenters. The number of nitrogens with zero attached hydrogens (tertiary/aromatic N) is 2. The highest BCUT2D eigenvalue weighted by Crippen LogP contribution is 2.33. The first-order valence-corrected chi connectivity index (χ1v) is 5.71. The van der Waals surface area contributed by atoms with Crippen molar-refractivity contribution in [1.29, 1.82) is 5.26 Å². The summed E-state index contributed by atoms with van der Waals surface area (Å²) >= 11 is 0. The fraction of sp³-hybridized carbons (Fsp3) is 0. The van der Waals surface area contributed by atoms with E-state index in [1.165, 1.54) is 30.3 Å². The molecule has 0 aliphatic carbocycles. The van der Waals surface area contributed by atoms with Crippen LogP contribution in [0.1, 0.15) is 15.9 Å². The van der Waals surface area contributed by atoms with Gasteiger partial charge in [-0.3, -0.25) is 10.1 Å². The summed E-state index contributed by atoms with van der Waals surface area (Å²) in [6.45, 7) is 0. The lowest BCUT2D eigenvalue weighted by Gasteiger charge is -2.09. The van der Waals surface area contributed by atoms with Gasteiger partial charge in [0.2, 0.25) is 5.75 Å². The maximum absolute atomic E-state index is 11.1. The monoisotopic (exact) mass is 284 g/mol. The lowest BCUT2D eigenvalue weighted by Crippen LogP contribution is -2.01. The average molecular weight is 284 g/mol. The van der Waals surface area contributed by atoms with Crippen molar-refractivity contribution < 1.29 is 19.6 Å². The zero-order valence-corrected chi connectivity index (χ0v) is 10.5. The van der Waals surface area contributed by atoms with E-state index in [1.807, 2.05) is 6.07 Å². The molecule has 104 valence electrons. The smallest absolute Gasteiger partial charge is 0.339 e. The first-order valence-electron chi connectivity index (χ1n) is 5.71. The highest BCUT2D eigenvalue weighted by atomic mass is 16.6. The molecule has 0 unspecified atom stereocenters. The highest BCUT2D eigenvalue weighted by molar-refractivity contribution is 5.91. The first kappa shape index (κ1) is 14.0. The van der Waals surface area contributed by atoms with Crippen molar-refractivity contribution >= 4 is 11.7 Å². The van der Waals surface area contributed by atoms with E-state index in [0.717, 1.165) is 6.07 Å². The lowest BCUT2D eigenvalue weighted by molar-refractivity contribution is -0.385. The molecule has 2 aromatic rings. The van der Waals surface area contributed by atoms with Crippen molar-refractivity contribution in [2.45, 2.75) is 0 Å². The molecule has 0 spiro atoms. The van der Waals surface area contributed by atoms with Crippen LogP contribution in [0.2, 0.25) is 0 Å². The minimum absolute atomic E-state index is 0.0387. The second-order valence-electron chi connectivity index (χ2n) is 3.95. The number of aromatic carboxylic acids is 1. The number of para-hydroxylation sites is 1. The van der Waals surface area contributed by atoms with Gasteiger partial charge in [-0.1, -0.05) is 12.1 Å². The Bertz CT molecular complexity index is 764. The zero-order chi connectivity index (χ0) is 15.4. The lowest BCUT2D eigenvalue weighted by atomic mass is 10.2. The maximum Gasteiger partial charge on any atom is 0.339 e. The summed E-state index contributed by atoms with van der Waals surface area (Å²) < 4.78 is 5.33. The highest BCUT2D eigenvalue weighted by Gasteiger charge is 2.19. The number of nitriles is 1. The van der Waals surface area contributed by atoms with Crippen LogP contribution in [0.15, 0.2) is 42.5 Å². The number of ether oxygens (including phenoxy) is 1. The summed E-state index contributed by atoms with van der Waals surface area (Å²) in [6, 6.07) is 11.2. The van der Waals surface area contributed by atoms with E-state index in [1.54, 1.807) is 6.07 Å². The number of hydrogen-bond acceptors (Lipinski definition) is 5. The summed E-state index contributed by atoms with van der Waals surface area (Å²) in [5.74, 6) is -1.44. The number of nitro benzene ring substituents is 1. The van der Waals surface area contributed by atoms with Crippen LogP contribution in [0, 0.1) is 21.4 Å². The summed E-state index contributed by atoms with van der Waals surface area (Å²) in [5, 5.41) is 28.8. The van der Waals surface area contributed by atoms with Crippen LogP contribution >= 0.6 is 0 Å². The van der Waals surface area contributed by atoms with Crippen LogP contribution in [0.3, 0.4) is 0 Å². The zero-order valence-electron chi connectivity index (χ0n) is 10.5. The first-order chi connectivity index (χ1) is 10.0. The number of rotatable bonds is 4. The molecule has 0 heterocycles. The number of benzene rings is 2. The Balaban J connectivity index is 2.51. The van der Waals surface area contributed by atoms with Crippen LogP contribution in [0.4, 0.5) is 5.69 Å². The van der Waals surface area contributed by atoms with Crippen LogP contribution in [0.5, 0.6) is 11.5 Å². The fourth-order valence-electron chi connectivity index (χ4n) is 1.67. The number of nitro groups is 1. The predicted octanol–water partition coefficient (Wildman–Crippen LogP) is 2.96. The van der Waals surface area contributed by atoms with Gasteiger partial charge in [-0.15, -0.1) is 0 Å². The molecule has 0 saturated heterocycles. The molecule has 7 heteroatoms. The van der Waals surface area contributed by atoms with Crippen molar-refractivity contribution in [3.8, 4) is 17.6 Å². The Morgan fingerprint density at radius 2 is 1.95 bits per heavy atom. The standard InChI is InChI=1S/C14H8N2O5/c15-8-9-5-6-11(16(19)20)13(7-9)21-12-4-2-1-3-10(12)14(17)18/h1-7H,(H,17,18). The minimum atomic E-state index is -1.22. The van der Waals surface area contributed by atoms with Gasteiger partial charge >= 0.3 is 11.7 Å². The van der Waals surface area contributed by atoms with Crippen molar-refractivity contribution in [2.75, 3.05) is 0 Å². The van der Waals surface area contributed by atoms with Gasteiger partial charge in [0.25, 0.3) is 0 Å². The van der Waals surface area contributed by atoms with Gasteiger partial charge in [0.1, 0.15) is 11.3 Å². The Morgan fingerprint density at radius 3 is 2.57 bits per heavy atom. The third-order valence-electron chi connectivity index (χ3n) is 2.62.